The zero-order valence-electron chi connectivity index (χ0n) is 14.0. The molecule has 3 rings (SSSR count). The summed E-state index contributed by atoms with van der Waals surface area (Å²) in [6.45, 7) is 0. The van der Waals surface area contributed by atoms with Crippen molar-refractivity contribution in [2.24, 2.45) is 0 Å². The van der Waals surface area contributed by atoms with Gasteiger partial charge in [-0.05, 0) is 56.5 Å². The Morgan fingerprint density at radius 3 is 2.44 bits per heavy atom. The van der Waals surface area contributed by atoms with E-state index >= 15 is 0 Å². The summed E-state index contributed by atoms with van der Waals surface area (Å²) in [5.41, 5.74) is 1.51. The second kappa shape index (κ2) is 7.53. The number of rotatable bonds is 5. The van der Waals surface area contributed by atoms with Gasteiger partial charge in [-0.25, -0.2) is 0 Å². The molecule has 3 aromatic rings. The van der Waals surface area contributed by atoms with Crippen LogP contribution in [0.1, 0.15) is 15.9 Å². The summed E-state index contributed by atoms with van der Waals surface area (Å²) in [5, 5.41) is 2.17. The van der Waals surface area contributed by atoms with Crippen molar-refractivity contribution in [3.63, 3.8) is 0 Å². The third kappa shape index (κ3) is 3.74. The first-order chi connectivity index (χ1) is 12.1. The third-order valence-electron chi connectivity index (χ3n) is 3.92. The molecular weight excluding hydrogens is 380 g/mol. The molecular formula is C21H17BrO3. The largest absolute Gasteiger partial charge is 0.493 e. The minimum absolute atomic E-state index is 0.0448. The summed E-state index contributed by atoms with van der Waals surface area (Å²) in [5.74, 6) is 1.19. The molecule has 0 aliphatic carbocycles. The van der Waals surface area contributed by atoms with Crippen LogP contribution in [0.15, 0.2) is 65.1 Å². The van der Waals surface area contributed by atoms with Gasteiger partial charge >= 0.3 is 0 Å². The normalized spacial score (nSPS) is 11.0. The topological polar surface area (TPSA) is 35.5 Å². The number of methoxy groups -OCH3 is 2. The van der Waals surface area contributed by atoms with E-state index in [-0.39, 0.29) is 5.78 Å². The molecule has 0 spiro atoms. The van der Waals surface area contributed by atoms with E-state index in [1.54, 1.807) is 26.4 Å². The number of carbonyl (C=O) groups excluding carboxylic acids is 1. The molecule has 0 saturated carbocycles. The van der Waals surface area contributed by atoms with E-state index in [1.807, 2.05) is 54.6 Å². The van der Waals surface area contributed by atoms with E-state index in [0.29, 0.717) is 17.1 Å². The minimum Gasteiger partial charge on any atom is -0.493 e. The summed E-state index contributed by atoms with van der Waals surface area (Å²) < 4.78 is 11.4. The van der Waals surface area contributed by atoms with Crippen molar-refractivity contribution >= 4 is 38.6 Å². The molecule has 0 aliphatic rings. The molecule has 4 heteroatoms. The lowest BCUT2D eigenvalue weighted by molar-refractivity contribution is 0.104. The zero-order chi connectivity index (χ0) is 17.8. The van der Waals surface area contributed by atoms with Gasteiger partial charge in [-0.1, -0.05) is 42.5 Å². The number of ether oxygens (including phenoxy) is 2. The molecule has 0 heterocycles. The van der Waals surface area contributed by atoms with Gasteiger partial charge in [0, 0.05) is 5.56 Å². The second-order valence-electron chi connectivity index (χ2n) is 5.50. The van der Waals surface area contributed by atoms with Gasteiger partial charge < -0.3 is 9.47 Å². The Bertz CT molecular complexity index is 961. The number of ketones is 1. The van der Waals surface area contributed by atoms with Crippen LogP contribution in [0.25, 0.3) is 16.8 Å². The van der Waals surface area contributed by atoms with Crippen LogP contribution in [0.3, 0.4) is 0 Å². The molecule has 0 saturated heterocycles. The molecule has 0 aliphatic heterocycles. The van der Waals surface area contributed by atoms with Crippen LogP contribution in [-0.4, -0.2) is 20.0 Å². The summed E-state index contributed by atoms with van der Waals surface area (Å²) in [6.07, 6.45) is 3.34. The smallest absolute Gasteiger partial charge is 0.185 e. The first-order valence-corrected chi connectivity index (χ1v) is 8.54. The van der Waals surface area contributed by atoms with Gasteiger partial charge in [0.1, 0.15) is 0 Å². The van der Waals surface area contributed by atoms with E-state index in [0.717, 1.165) is 20.8 Å². The molecule has 0 bridgehead atoms. The Balaban J connectivity index is 1.87. The van der Waals surface area contributed by atoms with Crippen molar-refractivity contribution in [1.29, 1.82) is 0 Å². The summed E-state index contributed by atoms with van der Waals surface area (Å²) >= 11 is 3.45. The van der Waals surface area contributed by atoms with Gasteiger partial charge in [0.05, 0.1) is 18.7 Å². The number of allylic oxidation sites excluding steroid dienone is 1. The van der Waals surface area contributed by atoms with Crippen molar-refractivity contribution < 1.29 is 14.3 Å². The fraction of sp³-hybridized carbons (Fsp3) is 0.0952. The van der Waals surface area contributed by atoms with Crippen LogP contribution in [0.4, 0.5) is 0 Å². The lowest BCUT2D eigenvalue weighted by Crippen LogP contribution is -1.95. The van der Waals surface area contributed by atoms with Crippen LogP contribution in [0.2, 0.25) is 0 Å². The Morgan fingerprint density at radius 1 is 0.960 bits per heavy atom. The first-order valence-electron chi connectivity index (χ1n) is 7.75. The fourth-order valence-corrected chi connectivity index (χ4v) is 3.27. The van der Waals surface area contributed by atoms with E-state index < -0.39 is 0 Å². The van der Waals surface area contributed by atoms with Crippen molar-refractivity contribution in [1.82, 2.24) is 0 Å². The average Bonchev–Trinajstić information content (AvgIpc) is 2.65. The van der Waals surface area contributed by atoms with Gasteiger partial charge in [-0.15, -0.1) is 0 Å². The molecule has 0 aromatic heterocycles. The maximum absolute atomic E-state index is 12.5. The Labute approximate surface area is 155 Å². The van der Waals surface area contributed by atoms with E-state index in [1.165, 1.54) is 0 Å². The first kappa shape index (κ1) is 17.2. The second-order valence-corrected chi connectivity index (χ2v) is 6.35. The highest BCUT2D eigenvalue weighted by Gasteiger charge is 2.10. The van der Waals surface area contributed by atoms with Crippen molar-refractivity contribution in [3.8, 4) is 11.5 Å². The monoisotopic (exact) mass is 396 g/mol. The number of benzene rings is 3. The van der Waals surface area contributed by atoms with Crippen LogP contribution in [0, 0.1) is 0 Å². The SMILES string of the molecule is COc1cc(/C=C/C(=O)c2ccc3ccccc3c2)cc(Br)c1OC. The van der Waals surface area contributed by atoms with Gasteiger partial charge in [0.25, 0.3) is 0 Å². The van der Waals surface area contributed by atoms with Gasteiger partial charge in [0.2, 0.25) is 0 Å². The summed E-state index contributed by atoms with van der Waals surface area (Å²) in [6, 6.07) is 17.4. The quantitative estimate of drug-likeness (QED) is 0.420. The standard InChI is InChI=1S/C21H17BrO3/c1-24-20-12-14(11-18(22)21(20)25-2)7-10-19(23)17-9-8-15-5-3-4-6-16(15)13-17/h3-13H,1-2H3/b10-7+. The number of hydrogen-bond acceptors (Lipinski definition) is 3. The van der Waals surface area contributed by atoms with E-state index in [2.05, 4.69) is 15.9 Å². The summed E-state index contributed by atoms with van der Waals surface area (Å²) in [7, 11) is 3.17. The lowest BCUT2D eigenvalue weighted by atomic mass is 10.0. The minimum atomic E-state index is -0.0448. The predicted molar refractivity (Wildman–Crippen MR) is 105 cm³/mol. The molecule has 0 N–H and O–H groups in total. The molecule has 126 valence electrons. The maximum atomic E-state index is 12.5. The van der Waals surface area contributed by atoms with Crippen LogP contribution in [0.5, 0.6) is 11.5 Å². The predicted octanol–water partition coefficient (Wildman–Crippen LogP) is 5.52. The van der Waals surface area contributed by atoms with Gasteiger partial charge in [0.15, 0.2) is 17.3 Å². The molecule has 25 heavy (non-hydrogen) atoms. The maximum Gasteiger partial charge on any atom is 0.185 e. The molecule has 0 unspecified atom stereocenters. The molecule has 0 fully saturated rings. The summed E-state index contributed by atoms with van der Waals surface area (Å²) in [4.78, 5) is 12.5. The lowest BCUT2D eigenvalue weighted by Gasteiger charge is -2.10. The fourth-order valence-electron chi connectivity index (χ4n) is 2.64. The number of hydrogen-bond donors (Lipinski definition) is 0. The molecule has 3 aromatic carbocycles. The van der Waals surface area contributed by atoms with Crippen LogP contribution < -0.4 is 9.47 Å². The van der Waals surface area contributed by atoms with Crippen molar-refractivity contribution in [2.75, 3.05) is 14.2 Å². The Kier molecular flexibility index (Phi) is 5.19. The van der Waals surface area contributed by atoms with Gasteiger partial charge in [-0.2, -0.15) is 0 Å². The van der Waals surface area contributed by atoms with E-state index in [9.17, 15) is 4.79 Å². The van der Waals surface area contributed by atoms with E-state index in [4.69, 9.17) is 9.47 Å². The molecule has 0 radical (unpaired) electrons. The van der Waals surface area contributed by atoms with Crippen LogP contribution >= 0.6 is 15.9 Å². The van der Waals surface area contributed by atoms with Crippen molar-refractivity contribution in [3.05, 3.63) is 76.3 Å². The third-order valence-corrected chi connectivity index (χ3v) is 4.51. The number of halogens is 1. The van der Waals surface area contributed by atoms with Crippen LogP contribution in [-0.2, 0) is 0 Å². The number of fused-ring (bicyclic) bond motifs is 1. The Hall–Kier alpha value is -2.59. The highest BCUT2D eigenvalue weighted by molar-refractivity contribution is 9.10. The van der Waals surface area contributed by atoms with Gasteiger partial charge in [-0.3, -0.25) is 4.79 Å². The highest BCUT2D eigenvalue weighted by atomic mass is 79.9. The molecule has 0 atom stereocenters. The molecule has 3 nitrogen and oxygen atoms in total. The Morgan fingerprint density at radius 2 is 1.72 bits per heavy atom. The average molecular weight is 397 g/mol. The zero-order valence-corrected chi connectivity index (χ0v) is 15.5. The van der Waals surface area contributed by atoms with Crippen molar-refractivity contribution in [2.45, 2.75) is 0 Å². The highest BCUT2D eigenvalue weighted by Crippen LogP contribution is 2.36. The molecule has 0 amide bonds. The number of carbonyl (C=O) groups is 1.